The molecule has 2 atom stereocenters. The Bertz CT molecular complexity index is 261. The highest BCUT2D eigenvalue weighted by atomic mass is 16.3. The molecule has 3 nitrogen and oxygen atoms in total. The Morgan fingerprint density at radius 1 is 1.21 bits per heavy atom. The van der Waals surface area contributed by atoms with Crippen molar-refractivity contribution >= 4 is 0 Å². The van der Waals surface area contributed by atoms with Crippen LogP contribution in [0, 0.1) is 0 Å². The lowest BCUT2D eigenvalue weighted by Crippen LogP contribution is -2.41. The van der Waals surface area contributed by atoms with Gasteiger partial charge in [-0.15, -0.1) is 0 Å². The molecule has 14 heavy (non-hydrogen) atoms. The fourth-order valence-corrected chi connectivity index (χ4v) is 1.42. The maximum absolute atomic E-state index is 9.95. The molecule has 0 aromatic heterocycles. The summed E-state index contributed by atoms with van der Waals surface area (Å²) in [6.07, 6.45) is -0.642. The summed E-state index contributed by atoms with van der Waals surface area (Å²) in [5.74, 6) is 0. The van der Waals surface area contributed by atoms with Gasteiger partial charge in [-0.2, -0.15) is 4.90 Å². The first kappa shape index (κ1) is 11.2. The van der Waals surface area contributed by atoms with Crippen LogP contribution in [0.15, 0.2) is 30.3 Å². The number of aliphatic hydroxyl groups is 2. The molecule has 0 aliphatic carbocycles. The highest BCUT2D eigenvalue weighted by molar-refractivity contribution is 5.19. The fraction of sp³-hybridized carbons (Fsp3) is 0.455. The molecule has 0 spiro atoms. The van der Waals surface area contributed by atoms with Gasteiger partial charge in [0.2, 0.25) is 0 Å². The summed E-state index contributed by atoms with van der Waals surface area (Å²) >= 11 is 0. The lowest BCUT2D eigenvalue weighted by molar-refractivity contribution is 0.0700. The molecule has 0 aliphatic rings. The van der Waals surface area contributed by atoms with E-state index in [2.05, 4.69) is 0 Å². The monoisotopic (exact) mass is 195 g/mol. The Hall–Kier alpha value is -0.900. The van der Waals surface area contributed by atoms with E-state index in [-0.39, 0.29) is 12.6 Å². The molecule has 0 amide bonds. The molecular weight excluding hydrogens is 178 g/mol. The third-order valence-corrected chi connectivity index (χ3v) is 2.36. The van der Waals surface area contributed by atoms with E-state index >= 15 is 0 Å². The van der Waals surface area contributed by atoms with Gasteiger partial charge in [0.15, 0.2) is 6.04 Å². The van der Waals surface area contributed by atoms with Crippen LogP contribution in [0.25, 0.3) is 0 Å². The molecule has 0 aliphatic heterocycles. The minimum Gasteiger partial charge on any atom is -0.390 e. The quantitative estimate of drug-likeness (QED) is 0.686. The summed E-state index contributed by atoms with van der Waals surface area (Å²) in [6, 6.07) is 9.12. The summed E-state index contributed by atoms with van der Waals surface area (Å²) < 4.78 is 0. The van der Waals surface area contributed by atoms with Crippen LogP contribution >= 0.6 is 0 Å². The Labute approximate surface area is 84.6 Å². The Balaban J connectivity index is 2.78. The van der Waals surface area contributed by atoms with Crippen LogP contribution in [-0.2, 0) is 0 Å². The summed E-state index contributed by atoms with van der Waals surface area (Å²) in [5.41, 5.74) is 0.834. The van der Waals surface area contributed by atoms with E-state index < -0.39 is 6.10 Å². The van der Waals surface area contributed by atoms with Crippen molar-refractivity contribution in [2.45, 2.75) is 12.1 Å². The van der Waals surface area contributed by atoms with Crippen molar-refractivity contribution in [2.75, 3.05) is 20.7 Å². The predicted molar refractivity (Wildman–Crippen MR) is 56.3 cm³/mol. The number of benzene rings is 1. The molecule has 1 radical (unpaired) electrons. The smallest absolute Gasteiger partial charge is 0.185 e. The number of nitrogens with zero attached hydrogens (tertiary/aromatic N) is 1. The SMILES string of the molecule is C[N+](C)[C@H](CO)[C@H](O)c1ccccc1. The highest BCUT2D eigenvalue weighted by Crippen LogP contribution is 2.17. The van der Waals surface area contributed by atoms with Gasteiger partial charge in [-0.25, -0.2) is 0 Å². The largest absolute Gasteiger partial charge is 0.390 e. The van der Waals surface area contributed by atoms with Gasteiger partial charge in [0.1, 0.15) is 26.8 Å². The van der Waals surface area contributed by atoms with Gasteiger partial charge in [0.05, 0.1) is 0 Å². The number of likely N-dealkylation sites (N-methyl/N-ethyl adjacent to an activating group) is 1. The predicted octanol–water partition coefficient (Wildman–Crippen LogP) is 0.481. The van der Waals surface area contributed by atoms with Gasteiger partial charge >= 0.3 is 0 Å². The first-order valence-corrected chi connectivity index (χ1v) is 4.67. The van der Waals surface area contributed by atoms with Crippen molar-refractivity contribution in [3.8, 4) is 0 Å². The summed E-state index contributed by atoms with van der Waals surface area (Å²) in [5, 5.41) is 19.1. The van der Waals surface area contributed by atoms with Crippen molar-refractivity contribution in [1.82, 2.24) is 4.90 Å². The highest BCUT2D eigenvalue weighted by Gasteiger charge is 2.28. The van der Waals surface area contributed by atoms with Gasteiger partial charge in [0, 0.05) is 0 Å². The lowest BCUT2D eigenvalue weighted by atomic mass is 10.0. The van der Waals surface area contributed by atoms with Gasteiger partial charge in [-0.05, 0) is 5.56 Å². The summed E-state index contributed by atoms with van der Waals surface area (Å²) in [6.45, 7) is -0.0525. The molecule has 2 N–H and O–H groups in total. The molecule has 1 aromatic carbocycles. The maximum Gasteiger partial charge on any atom is 0.185 e. The van der Waals surface area contributed by atoms with Crippen molar-refractivity contribution < 1.29 is 10.2 Å². The Morgan fingerprint density at radius 2 is 1.79 bits per heavy atom. The van der Waals surface area contributed by atoms with Crippen LogP contribution in [0.5, 0.6) is 0 Å². The van der Waals surface area contributed by atoms with Gasteiger partial charge in [0.25, 0.3) is 0 Å². The van der Waals surface area contributed by atoms with Crippen LogP contribution in [0.3, 0.4) is 0 Å². The van der Waals surface area contributed by atoms with E-state index in [0.717, 1.165) is 5.56 Å². The molecule has 0 bridgehead atoms. The third kappa shape index (κ3) is 2.54. The number of hydrogen-bond acceptors (Lipinski definition) is 3. The summed E-state index contributed by atoms with van der Waals surface area (Å²) in [4.78, 5) is 1.82. The van der Waals surface area contributed by atoms with Crippen LogP contribution in [0.4, 0.5) is 0 Å². The van der Waals surface area contributed by atoms with Crippen molar-refractivity contribution in [3.63, 3.8) is 0 Å². The maximum atomic E-state index is 9.95. The molecule has 3 heteroatoms. The molecule has 77 valence electrons. The number of hydrogen-bond donors (Lipinski definition) is 2. The Morgan fingerprint density at radius 3 is 2.21 bits per heavy atom. The van der Waals surface area contributed by atoms with Crippen LogP contribution in [-0.4, -0.2) is 37.0 Å². The molecule has 0 fully saturated rings. The van der Waals surface area contributed by atoms with E-state index in [0.29, 0.717) is 0 Å². The van der Waals surface area contributed by atoms with E-state index in [1.54, 1.807) is 0 Å². The van der Waals surface area contributed by atoms with Crippen LogP contribution < -0.4 is 4.90 Å². The van der Waals surface area contributed by atoms with Crippen LogP contribution in [0.2, 0.25) is 0 Å². The lowest BCUT2D eigenvalue weighted by Gasteiger charge is -2.19. The zero-order chi connectivity index (χ0) is 10.6. The van der Waals surface area contributed by atoms with Gasteiger partial charge in [-0.3, -0.25) is 0 Å². The molecule has 0 saturated heterocycles. The molecule has 0 unspecified atom stereocenters. The minimum absolute atomic E-state index is 0.0525. The second-order valence-corrected chi connectivity index (χ2v) is 3.57. The normalized spacial score (nSPS) is 15.5. The molecule has 1 rings (SSSR count). The van der Waals surface area contributed by atoms with E-state index in [1.807, 2.05) is 49.3 Å². The average molecular weight is 195 g/mol. The first-order chi connectivity index (χ1) is 6.66. The molecule has 1 aromatic rings. The zero-order valence-corrected chi connectivity index (χ0v) is 8.59. The zero-order valence-electron chi connectivity index (χ0n) is 8.59. The molecule has 0 heterocycles. The minimum atomic E-state index is -0.642. The first-order valence-electron chi connectivity index (χ1n) is 4.67. The van der Waals surface area contributed by atoms with E-state index in [4.69, 9.17) is 5.11 Å². The molecular formula is C11H17NO2+. The van der Waals surface area contributed by atoms with E-state index in [9.17, 15) is 5.11 Å². The van der Waals surface area contributed by atoms with E-state index in [1.165, 1.54) is 0 Å². The second kappa shape index (κ2) is 5.10. The van der Waals surface area contributed by atoms with Gasteiger partial charge < -0.3 is 10.2 Å². The standard InChI is InChI=1S/C11H17NO2/c1-12(2)10(8-13)11(14)9-6-4-3-5-7-9/h3-7,10-11,13-14H,8H2,1-2H3/q+1/t10-,11-/m1/s1. The van der Waals surface area contributed by atoms with Crippen molar-refractivity contribution in [3.05, 3.63) is 35.9 Å². The Kier molecular flexibility index (Phi) is 4.07. The number of rotatable bonds is 4. The van der Waals surface area contributed by atoms with Crippen molar-refractivity contribution in [2.24, 2.45) is 0 Å². The number of aliphatic hydroxyl groups excluding tert-OH is 2. The van der Waals surface area contributed by atoms with Crippen molar-refractivity contribution in [1.29, 1.82) is 0 Å². The summed E-state index contributed by atoms with van der Waals surface area (Å²) in [7, 11) is 3.68. The third-order valence-electron chi connectivity index (χ3n) is 2.36. The molecule has 0 saturated carbocycles. The van der Waals surface area contributed by atoms with Crippen LogP contribution in [0.1, 0.15) is 11.7 Å². The fourth-order valence-electron chi connectivity index (χ4n) is 1.42. The van der Waals surface area contributed by atoms with Gasteiger partial charge in [-0.1, -0.05) is 30.3 Å². The second-order valence-electron chi connectivity index (χ2n) is 3.57. The average Bonchev–Trinajstić information content (AvgIpc) is 2.19. The topological polar surface area (TPSA) is 46.4 Å².